The van der Waals surface area contributed by atoms with Crippen molar-refractivity contribution in [3.63, 3.8) is 0 Å². The van der Waals surface area contributed by atoms with Crippen molar-refractivity contribution >= 4 is 39.0 Å². The van der Waals surface area contributed by atoms with E-state index in [-0.39, 0.29) is 5.41 Å². The number of fused-ring (bicyclic) bond motifs is 6. The van der Waals surface area contributed by atoms with Crippen LogP contribution in [0.1, 0.15) is 25.0 Å². The molecule has 0 spiro atoms. The lowest BCUT2D eigenvalue weighted by atomic mass is 9.82. The Balaban J connectivity index is 1.24. The highest BCUT2D eigenvalue weighted by Gasteiger charge is 2.37. The first-order valence-electron chi connectivity index (χ1n) is 16.3. The summed E-state index contributed by atoms with van der Waals surface area (Å²) in [5, 5.41) is 2.30. The average Bonchev–Trinajstić information content (AvgIpc) is 3.62. The van der Waals surface area contributed by atoms with Crippen LogP contribution in [-0.4, -0.2) is 0 Å². The van der Waals surface area contributed by atoms with Crippen LogP contribution in [0.2, 0.25) is 0 Å². The van der Waals surface area contributed by atoms with Crippen LogP contribution in [0.5, 0.6) is 0 Å². The van der Waals surface area contributed by atoms with Crippen LogP contribution in [0.15, 0.2) is 168 Å². The van der Waals surface area contributed by atoms with Crippen LogP contribution < -0.4 is 4.90 Å². The summed E-state index contributed by atoms with van der Waals surface area (Å²) in [6.07, 6.45) is 0. The van der Waals surface area contributed by atoms with Gasteiger partial charge in [0.2, 0.25) is 0 Å². The first kappa shape index (κ1) is 27.5. The maximum Gasteiger partial charge on any atom is 0.136 e. The zero-order valence-electron chi connectivity index (χ0n) is 26.4. The summed E-state index contributed by atoms with van der Waals surface area (Å²) in [6, 6.07) is 58.9. The summed E-state index contributed by atoms with van der Waals surface area (Å²) >= 11 is 0. The molecule has 1 aliphatic rings. The molecule has 9 rings (SSSR count). The Kier molecular flexibility index (Phi) is 6.20. The number of furan rings is 1. The molecule has 7 aromatic carbocycles. The Morgan fingerprint density at radius 2 is 1.13 bits per heavy atom. The fraction of sp³-hybridized carbons (Fsp3) is 0.0667. The third kappa shape index (κ3) is 4.33. The van der Waals surface area contributed by atoms with Gasteiger partial charge in [0.25, 0.3) is 0 Å². The van der Waals surface area contributed by atoms with Crippen LogP contribution in [0.25, 0.3) is 55.3 Å². The standard InChI is InChI=1S/C45H33NO/c1-45(2)38-20-8-6-17-36(38)44-39(45)21-12-22-40(44)46(34-16-10-15-32(29-34)30-13-4-3-5-14-30)33-27-25-31(26-28-33)35-19-11-24-42-43(35)37-18-7-9-23-41(37)47-42/h3-29H,1-2H3. The number of hydrogen-bond acceptors (Lipinski definition) is 2. The van der Waals surface area contributed by atoms with Crippen molar-refractivity contribution in [3.05, 3.63) is 175 Å². The van der Waals surface area contributed by atoms with E-state index in [2.05, 4.69) is 170 Å². The van der Waals surface area contributed by atoms with Crippen LogP contribution in [0.3, 0.4) is 0 Å². The first-order valence-corrected chi connectivity index (χ1v) is 16.3. The number of hydrogen-bond donors (Lipinski definition) is 0. The molecule has 0 bridgehead atoms. The Morgan fingerprint density at radius 3 is 2.00 bits per heavy atom. The minimum absolute atomic E-state index is 0.0879. The van der Waals surface area contributed by atoms with Crippen LogP contribution >= 0.6 is 0 Å². The molecule has 1 heterocycles. The van der Waals surface area contributed by atoms with E-state index in [1.165, 1.54) is 44.6 Å². The Labute approximate surface area is 275 Å². The molecule has 8 aromatic rings. The van der Waals surface area contributed by atoms with Gasteiger partial charge in [0.1, 0.15) is 11.2 Å². The second-order valence-corrected chi connectivity index (χ2v) is 12.9. The van der Waals surface area contributed by atoms with Gasteiger partial charge in [0.05, 0.1) is 5.69 Å². The van der Waals surface area contributed by atoms with E-state index in [1.54, 1.807) is 0 Å². The fourth-order valence-corrected chi connectivity index (χ4v) is 7.61. The smallest absolute Gasteiger partial charge is 0.136 e. The van der Waals surface area contributed by atoms with Crippen LogP contribution in [0.4, 0.5) is 17.1 Å². The minimum Gasteiger partial charge on any atom is -0.456 e. The minimum atomic E-state index is -0.0879. The molecule has 1 aliphatic carbocycles. The molecule has 0 amide bonds. The molecule has 0 unspecified atom stereocenters. The fourth-order valence-electron chi connectivity index (χ4n) is 7.61. The van der Waals surface area contributed by atoms with Gasteiger partial charge in [-0.2, -0.15) is 0 Å². The zero-order chi connectivity index (χ0) is 31.5. The van der Waals surface area contributed by atoms with Gasteiger partial charge in [-0.15, -0.1) is 0 Å². The molecule has 2 heteroatoms. The zero-order valence-corrected chi connectivity index (χ0v) is 26.4. The molecule has 0 fully saturated rings. The molecule has 224 valence electrons. The van der Waals surface area contributed by atoms with E-state index >= 15 is 0 Å². The van der Waals surface area contributed by atoms with E-state index in [0.29, 0.717) is 0 Å². The lowest BCUT2D eigenvalue weighted by Crippen LogP contribution is -2.16. The molecular weight excluding hydrogens is 571 g/mol. The normalized spacial score (nSPS) is 13.1. The summed E-state index contributed by atoms with van der Waals surface area (Å²) in [4.78, 5) is 2.43. The Bertz CT molecular complexity index is 2430. The van der Waals surface area contributed by atoms with E-state index in [4.69, 9.17) is 4.42 Å². The maximum atomic E-state index is 6.22. The second kappa shape index (κ2) is 10.6. The van der Waals surface area contributed by atoms with Gasteiger partial charge < -0.3 is 9.32 Å². The molecular formula is C45H33NO. The number of para-hydroxylation sites is 1. The van der Waals surface area contributed by atoms with E-state index in [0.717, 1.165) is 38.9 Å². The van der Waals surface area contributed by atoms with Crippen molar-refractivity contribution in [2.45, 2.75) is 19.3 Å². The van der Waals surface area contributed by atoms with E-state index < -0.39 is 0 Å². The first-order chi connectivity index (χ1) is 23.1. The van der Waals surface area contributed by atoms with Crippen LogP contribution in [-0.2, 0) is 5.41 Å². The van der Waals surface area contributed by atoms with Crippen molar-refractivity contribution in [1.82, 2.24) is 0 Å². The van der Waals surface area contributed by atoms with Gasteiger partial charge >= 0.3 is 0 Å². The number of anilines is 3. The van der Waals surface area contributed by atoms with E-state index in [1.807, 2.05) is 12.1 Å². The van der Waals surface area contributed by atoms with Gasteiger partial charge in [-0.05, 0) is 81.4 Å². The van der Waals surface area contributed by atoms with Crippen LogP contribution in [0, 0.1) is 0 Å². The maximum absolute atomic E-state index is 6.22. The van der Waals surface area contributed by atoms with Crippen molar-refractivity contribution in [1.29, 1.82) is 0 Å². The predicted molar refractivity (Wildman–Crippen MR) is 197 cm³/mol. The Hall–Kier alpha value is -5.86. The highest BCUT2D eigenvalue weighted by atomic mass is 16.3. The molecule has 2 nitrogen and oxygen atoms in total. The van der Waals surface area contributed by atoms with Crippen molar-refractivity contribution in [2.75, 3.05) is 4.90 Å². The average molecular weight is 604 g/mol. The SMILES string of the molecule is CC1(C)c2ccccc2-c2c(N(c3ccc(-c4cccc5oc6ccccc6c45)cc3)c3cccc(-c4ccccc4)c3)cccc21. The second-order valence-electron chi connectivity index (χ2n) is 12.9. The van der Waals surface area contributed by atoms with Crippen molar-refractivity contribution in [3.8, 4) is 33.4 Å². The molecule has 47 heavy (non-hydrogen) atoms. The van der Waals surface area contributed by atoms with Gasteiger partial charge in [-0.1, -0.05) is 135 Å². The monoisotopic (exact) mass is 603 g/mol. The van der Waals surface area contributed by atoms with Gasteiger partial charge in [-0.25, -0.2) is 0 Å². The summed E-state index contributed by atoms with van der Waals surface area (Å²) in [6.45, 7) is 4.69. The highest BCUT2D eigenvalue weighted by molar-refractivity contribution is 6.12. The largest absolute Gasteiger partial charge is 0.456 e. The lowest BCUT2D eigenvalue weighted by molar-refractivity contribution is 0.660. The third-order valence-corrected chi connectivity index (χ3v) is 9.88. The number of rotatable bonds is 5. The lowest BCUT2D eigenvalue weighted by Gasteiger charge is -2.29. The molecule has 0 saturated carbocycles. The van der Waals surface area contributed by atoms with Gasteiger partial charge in [0, 0.05) is 33.1 Å². The molecule has 0 N–H and O–H groups in total. The molecule has 0 saturated heterocycles. The van der Waals surface area contributed by atoms with Crippen molar-refractivity contribution in [2.24, 2.45) is 0 Å². The van der Waals surface area contributed by atoms with E-state index in [9.17, 15) is 0 Å². The van der Waals surface area contributed by atoms with Crippen molar-refractivity contribution < 1.29 is 4.42 Å². The topological polar surface area (TPSA) is 16.4 Å². The number of benzene rings is 7. The summed E-state index contributed by atoms with van der Waals surface area (Å²) in [5.41, 5.74) is 15.2. The molecule has 1 aromatic heterocycles. The Morgan fingerprint density at radius 1 is 0.468 bits per heavy atom. The molecule has 0 aliphatic heterocycles. The van der Waals surface area contributed by atoms with Gasteiger partial charge in [-0.3, -0.25) is 0 Å². The quantitative estimate of drug-likeness (QED) is 0.195. The summed E-state index contributed by atoms with van der Waals surface area (Å²) < 4.78 is 6.22. The molecule has 0 atom stereocenters. The van der Waals surface area contributed by atoms with Gasteiger partial charge in [0.15, 0.2) is 0 Å². The summed E-state index contributed by atoms with van der Waals surface area (Å²) in [5.74, 6) is 0. The summed E-state index contributed by atoms with van der Waals surface area (Å²) in [7, 11) is 0. The third-order valence-electron chi connectivity index (χ3n) is 9.88. The predicted octanol–water partition coefficient (Wildman–Crippen LogP) is 12.7. The highest BCUT2D eigenvalue weighted by Crippen LogP contribution is 2.54. The number of nitrogens with zero attached hydrogens (tertiary/aromatic N) is 1. The molecule has 0 radical (unpaired) electrons.